The molecule has 0 saturated heterocycles. The largest absolute Gasteiger partial charge is 0.491 e. The lowest BCUT2D eigenvalue weighted by Crippen LogP contribution is -2.31. The zero-order valence-electron chi connectivity index (χ0n) is 8.44. The van der Waals surface area contributed by atoms with Crippen LogP contribution in [0.1, 0.15) is 26.5 Å². The van der Waals surface area contributed by atoms with Gasteiger partial charge in [0.25, 0.3) is 0 Å². The van der Waals surface area contributed by atoms with Crippen molar-refractivity contribution in [2.24, 2.45) is 0 Å². The monoisotopic (exact) mass is 182 g/mol. The Labute approximate surface area is 78.3 Å². The van der Waals surface area contributed by atoms with Gasteiger partial charge in [-0.1, -0.05) is 0 Å². The van der Waals surface area contributed by atoms with Gasteiger partial charge in [-0.3, -0.25) is 4.68 Å². The normalized spacial score (nSPS) is 11.8. The summed E-state index contributed by atoms with van der Waals surface area (Å²) in [5, 5.41) is 22.2. The maximum Gasteiger partial charge on any atom is 0.491 e. The van der Waals surface area contributed by atoms with Crippen LogP contribution in [0, 0.1) is 6.92 Å². The standard InChI is InChI=1S/C8H15BN2O2/c1-6-7(9(12)13)5-11(10-6)8(2,3)4/h5,12-13H,1-4H3. The quantitative estimate of drug-likeness (QED) is 0.582. The van der Waals surface area contributed by atoms with Gasteiger partial charge in [0.2, 0.25) is 0 Å². The first-order valence-electron chi connectivity index (χ1n) is 4.25. The molecule has 2 N–H and O–H groups in total. The SMILES string of the molecule is Cc1nn(C(C)(C)C)cc1B(O)O. The summed E-state index contributed by atoms with van der Waals surface area (Å²) < 4.78 is 1.73. The molecule has 1 heterocycles. The summed E-state index contributed by atoms with van der Waals surface area (Å²) in [7, 11) is -1.43. The fraction of sp³-hybridized carbons (Fsp3) is 0.625. The van der Waals surface area contributed by atoms with Crippen molar-refractivity contribution in [2.45, 2.75) is 33.2 Å². The summed E-state index contributed by atoms with van der Waals surface area (Å²) in [6.07, 6.45) is 1.67. The second kappa shape index (κ2) is 3.16. The molecular weight excluding hydrogens is 167 g/mol. The molecule has 0 fully saturated rings. The first-order chi connectivity index (χ1) is 5.82. The molecule has 1 rings (SSSR count). The van der Waals surface area contributed by atoms with Gasteiger partial charge >= 0.3 is 7.12 Å². The van der Waals surface area contributed by atoms with Gasteiger partial charge < -0.3 is 10.0 Å². The molecule has 0 unspecified atom stereocenters. The van der Waals surface area contributed by atoms with Crippen molar-refractivity contribution in [3.8, 4) is 0 Å². The molecule has 0 aromatic carbocycles. The van der Waals surface area contributed by atoms with Gasteiger partial charge in [-0.25, -0.2) is 0 Å². The minimum Gasteiger partial charge on any atom is -0.423 e. The Morgan fingerprint density at radius 3 is 2.15 bits per heavy atom. The average molecular weight is 182 g/mol. The number of hydrogen-bond donors (Lipinski definition) is 2. The van der Waals surface area contributed by atoms with Gasteiger partial charge in [-0.05, 0) is 27.7 Å². The van der Waals surface area contributed by atoms with E-state index in [9.17, 15) is 0 Å². The summed E-state index contributed by atoms with van der Waals surface area (Å²) in [6.45, 7) is 7.78. The van der Waals surface area contributed by atoms with Crippen LogP contribution in [0.2, 0.25) is 0 Å². The summed E-state index contributed by atoms with van der Waals surface area (Å²) in [6, 6.07) is 0. The highest BCUT2D eigenvalue weighted by Gasteiger charge is 2.21. The predicted molar refractivity (Wildman–Crippen MR) is 51.8 cm³/mol. The van der Waals surface area contributed by atoms with Crippen LogP contribution in [0.4, 0.5) is 0 Å². The number of nitrogens with zero attached hydrogens (tertiary/aromatic N) is 2. The average Bonchev–Trinajstić information content (AvgIpc) is 2.29. The molecule has 0 aliphatic heterocycles. The summed E-state index contributed by atoms with van der Waals surface area (Å²) >= 11 is 0. The highest BCUT2D eigenvalue weighted by atomic mass is 16.4. The molecule has 0 bridgehead atoms. The van der Waals surface area contributed by atoms with Crippen LogP contribution in [0.25, 0.3) is 0 Å². The lowest BCUT2D eigenvalue weighted by molar-refractivity contribution is 0.354. The predicted octanol–water partition coefficient (Wildman–Crippen LogP) is -0.374. The first kappa shape index (κ1) is 10.3. The van der Waals surface area contributed by atoms with E-state index in [1.165, 1.54) is 0 Å². The van der Waals surface area contributed by atoms with Crippen LogP contribution in [-0.4, -0.2) is 26.9 Å². The van der Waals surface area contributed by atoms with Crippen molar-refractivity contribution >= 4 is 12.6 Å². The Balaban J connectivity index is 3.10. The molecule has 0 aliphatic carbocycles. The third-order valence-corrected chi connectivity index (χ3v) is 1.90. The molecule has 5 heteroatoms. The van der Waals surface area contributed by atoms with Gasteiger partial charge in [-0.15, -0.1) is 0 Å². The van der Waals surface area contributed by atoms with Gasteiger partial charge in [0.1, 0.15) is 0 Å². The summed E-state index contributed by atoms with van der Waals surface area (Å²) in [4.78, 5) is 0. The van der Waals surface area contributed by atoms with E-state index in [2.05, 4.69) is 5.10 Å². The molecule has 0 aliphatic rings. The second-order valence-electron chi connectivity index (χ2n) is 4.16. The summed E-state index contributed by atoms with van der Waals surface area (Å²) in [5.74, 6) is 0. The first-order valence-corrected chi connectivity index (χ1v) is 4.25. The number of hydrogen-bond acceptors (Lipinski definition) is 3. The smallest absolute Gasteiger partial charge is 0.423 e. The second-order valence-corrected chi connectivity index (χ2v) is 4.16. The highest BCUT2D eigenvalue weighted by molar-refractivity contribution is 6.59. The molecule has 0 radical (unpaired) electrons. The molecule has 0 amide bonds. The van der Waals surface area contributed by atoms with E-state index in [0.29, 0.717) is 11.2 Å². The van der Waals surface area contributed by atoms with Crippen LogP contribution in [0.5, 0.6) is 0 Å². The van der Waals surface area contributed by atoms with Crippen LogP contribution in [-0.2, 0) is 5.54 Å². The highest BCUT2D eigenvalue weighted by Crippen LogP contribution is 2.11. The van der Waals surface area contributed by atoms with Crippen molar-refractivity contribution < 1.29 is 10.0 Å². The molecule has 1 aromatic heterocycles. The van der Waals surface area contributed by atoms with Gasteiger partial charge in [0, 0.05) is 11.7 Å². The fourth-order valence-electron chi connectivity index (χ4n) is 1.07. The third-order valence-electron chi connectivity index (χ3n) is 1.90. The Morgan fingerprint density at radius 2 is 1.92 bits per heavy atom. The molecule has 1 aromatic rings. The molecule has 0 spiro atoms. The lowest BCUT2D eigenvalue weighted by Gasteiger charge is -2.18. The topological polar surface area (TPSA) is 58.3 Å². The minimum atomic E-state index is -1.43. The Kier molecular flexibility index (Phi) is 2.50. The zero-order chi connectivity index (χ0) is 10.2. The van der Waals surface area contributed by atoms with Crippen molar-refractivity contribution in [1.29, 1.82) is 0 Å². The third kappa shape index (κ3) is 2.11. The van der Waals surface area contributed by atoms with Crippen molar-refractivity contribution in [1.82, 2.24) is 9.78 Å². The van der Waals surface area contributed by atoms with Crippen LogP contribution in [0.15, 0.2) is 6.20 Å². The Hall–Kier alpha value is -0.805. The number of aromatic nitrogens is 2. The van der Waals surface area contributed by atoms with Crippen molar-refractivity contribution in [3.05, 3.63) is 11.9 Å². The van der Waals surface area contributed by atoms with Crippen LogP contribution in [0.3, 0.4) is 0 Å². The van der Waals surface area contributed by atoms with E-state index in [-0.39, 0.29) is 5.54 Å². The van der Waals surface area contributed by atoms with E-state index in [0.717, 1.165) is 0 Å². The Morgan fingerprint density at radius 1 is 1.38 bits per heavy atom. The van der Waals surface area contributed by atoms with Crippen molar-refractivity contribution in [2.75, 3.05) is 0 Å². The van der Waals surface area contributed by atoms with Gasteiger partial charge in [0.05, 0.1) is 11.2 Å². The lowest BCUT2D eigenvalue weighted by atomic mass is 9.81. The van der Waals surface area contributed by atoms with Gasteiger partial charge in [-0.2, -0.15) is 5.10 Å². The molecule has 13 heavy (non-hydrogen) atoms. The summed E-state index contributed by atoms with van der Waals surface area (Å²) in [5.41, 5.74) is 0.998. The van der Waals surface area contributed by atoms with E-state index in [1.807, 2.05) is 20.8 Å². The maximum absolute atomic E-state index is 8.99. The number of rotatable bonds is 1. The van der Waals surface area contributed by atoms with E-state index in [4.69, 9.17) is 10.0 Å². The van der Waals surface area contributed by atoms with Gasteiger partial charge in [0.15, 0.2) is 0 Å². The molecule has 0 saturated carbocycles. The minimum absolute atomic E-state index is 0.127. The maximum atomic E-state index is 8.99. The number of aryl methyl sites for hydroxylation is 1. The fourth-order valence-corrected chi connectivity index (χ4v) is 1.07. The molecule has 4 nitrogen and oxygen atoms in total. The van der Waals surface area contributed by atoms with E-state index >= 15 is 0 Å². The van der Waals surface area contributed by atoms with Crippen LogP contribution < -0.4 is 5.46 Å². The molecule has 72 valence electrons. The molecular formula is C8H15BN2O2. The van der Waals surface area contributed by atoms with E-state index < -0.39 is 7.12 Å². The molecule has 0 atom stereocenters. The van der Waals surface area contributed by atoms with Crippen molar-refractivity contribution in [3.63, 3.8) is 0 Å². The Bertz CT molecular complexity index is 302. The van der Waals surface area contributed by atoms with Crippen LogP contribution >= 0.6 is 0 Å². The zero-order valence-corrected chi connectivity index (χ0v) is 8.44. The van der Waals surface area contributed by atoms with E-state index in [1.54, 1.807) is 17.8 Å².